The molecule has 0 heterocycles. The van der Waals surface area contributed by atoms with Crippen molar-refractivity contribution in [1.82, 2.24) is 0 Å². The Hall–Kier alpha value is -3.24. The Kier molecular flexibility index (Phi) is 11.3. The number of benzene rings is 1. The topological polar surface area (TPSA) is 120 Å². The van der Waals surface area contributed by atoms with Gasteiger partial charge < -0.3 is 26.0 Å². The number of nitrogens with two attached hydrogens (primary N) is 2. The minimum Gasteiger partial charge on any atom is -0.504 e. The number of hydrogen-bond acceptors (Lipinski definition) is 5. The molecule has 0 radical (unpaired) electrons. The molecule has 2 fully saturated rings. The Morgan fingerprint density at radius 2 is 2.00 bits per heavy atom. The van der Waals surface area contributed by atoms with Crippen LogP contribution in [-0.4, -0.2) is 42.7 Å². The van der Waals surface area contributed by atoms with Gasteiger partial charge in [0.05, 0.1) is 18.8 Å². The maximum absolute atomic E-state index is 12.9. The Morgan fingerprint density at radius 3 is 2.73 bits per heavy atom. The summed E-state index contributed by atoms with van der Waals surface area (Å²) in [6, 6.07) is 1.83. The van der Waals surface area contributed by atoms with Crippen molar-refractivity contribution < 1.29 is 19.4 Å². The first-order chi connectivity index (χ1) is 21.8. The molecular weight excluding hydrogens is 562 g/mol. The van der Waals surface area contributed by atoms with E-state index in [0.29, 0.717) is 37.5 Å². The predicted octanol–water partition coefficient (Wildman–Crippen LogP) is 6.70. The zero-order chi connectivity index (χ0) is 31.9. The lowest BCUT2D eigenvalue weighted by Gasteiger charge is -2.47. The Balaban J connectivity index is 1.70. The highest BCUT2D eigenvalue weighted by Gasteiger charge is 2.46. The molecule has 7 nitrogen and oxygen atoms in total. The molecule has 6 atom stereocenters. The zero-order valence-electron chi connectivity index (χ0n) is 27.5. The highest BCUT2D eigenvalue weighted by Crippen LogP contribution is 2.56. The molecule has 2 bridgehead atoms. The van der Waals surface area contributed by atoms with Gasteiger partial charge in [0.25, 0.3) is 0 Å². The number of aromatic hydroxyl groups is 1. The van der Waals surface area contributed by atoms with Gasteiger partial charge in [-0.15, -0.1) is 0 Å². The van der Waals surface area contributed by atoms with Crippen LogP contribution in [0.3, 0.4) is 0 Å². The largest absolute Gasteiger partial charge is 0.504 e. The van der Waals surface area contributed by atoms with Crippen LogP contribution in [0.15, 0.2) is 34.9 Å². The number of aryl methyl sites for hydroxylation is 1. The number of ether oxygens (including phenoxy) is 2. The molecule has 5 N–H and O–H groups in total. The summed E-state index contributed by atoms with van der Waals surface area (Å²) < 4.78 is 12.5. The zero-order valence-corrected chi connectivity index (χ0v) is 27.5. The van der Waals surface area contributed by atoms with E-state index in [2.05, 4.69) is 36.8 Å². The molecule has 1 aromatic rings. The Morgan fingerprint density at radius 1 is 1.20 bits per heavy atom. The van der Waals surface area contributed by atoms with Crippen LogP contribution in [0, 0.1) is 35.5 Å². The average Bonchev–Trinajstić information content (AvgIpc) is 3.51. The first kappa shape index (κ1) is 33.1. The van der Waals surface area contributed by atoms with Gasteiger partial charge >= 0.3 is 0 Å². The monoisotopic (exact) mass is 615 g/mol. The van der Waals surface area contributed by atoms with Crippen molar-refractivity contribution in [2.45, 2.75) is 115 Å². The van der Waals surface area contributed by atoms with Crippen LogP contribution in [0.4, 0.5) is 0 Å². The van der Waals surface area contributed by atoms with Gasteiger partial charge in [-0.3, -0.25) is 4.79 Å². The predicted molar refractivity (Wildman–Crippen MR) is 180 cm³/mol. The number of fused-ring (bicyclic) bond motifs is 6. The van der Waals surface area contributed by atoms with Gasteiger partial charge in [-0.25, -0.2) is 4.99 Å². The van der Waals surface area contributed by atoms with Crippen LogP contribution in [0.25, 0.3) is 0 Å². The average molecular weight is 616 g/mol. The summed E-state index contributed by atoms with van der Waals surface area (Å²) >= 11 is 0. The van der Waals surface area contributed by atoms with Gasteiger partial charge in [0.2, 0.25) is 0 Å². The van der Waals surface area contributed by atoms with E-state index in [9.17, 15) is 9.90 Å². The summed E-state index contributed by atoms with van der Waals surface area (Å²) in [6.45, 7) is 5.00. The number of methoxy groups -OCH3 is 1. The van der Waals surface area contributed by atoms with Gasteiger partial charge in [0.15, 0.2) is 23.2 Å². The number of phenolic OH excluding ortho intramolecular Hbond substituents is 1. The minimum absolute atomic E-state index is 0.00835. The van der Waals surface area contributed by atoms with Gasteiger partial charge in [0.1, 0.15) is 0 Å². The number of carbonyl (C=O) groups excluding carboxylic acids is 1. The van der Waals surface area contributed by atoms with Crippen LogP contribution in [0.1, 0.15) is 114 Å². The third-order valence-corrected chi connectivity index (χ3v) is 10.4. The van der Waals surface area contributed by atoms with Crippen molar-refractivity contribution in [1.29, 1.82) is 0 Å². The number of aliphatic imine (C=N–C) groups is 1. The minimum atomic E-state index is -0.141. The molecular formula is C38H53N3O4. The summed E-state index contributed by atoms with van der Waals surface area (Å²) in [5, 5.41) is 12.3. The number of ketones is 1. The second kappa shape index (κ2) is 15.4. The highest BCUT2D eigenvalue weighted by molar-refractivity contribution is 5.89. The lowest BCUT2D eigenvalue weighted by Crippen LogP contribution is -2.39. The lowest BCUT2D eigenvalue weighted by atomic mass is 9.58. The summed E-state index contributed by atoms with van der Waals surface area (Å²) in [5.41, 5.74) is 16.0. The molecule has 5 rings (SSSR count). The standard InChI is InChI=1S/C38H53N3O4/c1-4-5-6-11-29(42)18-17-26-22-34(45-30-12-7-8-13-30)37(43)36-31(26)14-9-10-28(41-38(39)40)21-27-20-25-16-15-24(2)19-32(25)35(36)33(27)23-44-3/h6,11,20,22,24,27-28,30,32-33,35,43H,4-5,7-8,10,12-13,15-19,21,23H2,1-3H3,(H4,39,40,41)/b11-6+/t24-,27-,28+,32-,33-,35+/m1/s1. The lowest BCUT2D eigenvalue weighted by molar-refractivity contribution is -0.114. The quantitative estimate of drug-likeness (QED) is 0.0838. The molecule has 4 aliphatic carbocycles. The third-order valence-electron chi connectivity index (χ3n) is 10.4. The Bertz CT molecular complexity index is 1360. The fourth-order valence-electron chi connectivity index (χ4n) is 8.28. The number of carbonyl (C=O) groups is 1. The number of nitrogens with zero attached hydrogens (tertiary/aromatic N) is 1. The second-order valence-corrected chi connectivity index (χ2v) is 13.8. The number of hydrogen-bond donors (Lipinski definition) is 3. The number of guanidine groups is 1. The molecule has 0 aliphatic heterocycles. The fraction of sp³-hybridized carbons (Fsp3) is 0.632. The molecule has 0 saturated heterocycles. The maximum Gasteiger partial charge on any atom is 0.186 e. The summed E-state index contributed by atoms with van der Waals surface area (Å²) in [4.78, 5) is 17.5. The Labute approximate surface area is 269 Å². The molecule has 244 valence electrons. The van der Waals surface area contributed by atoms with Crippen LogP contribution >= 0.6 is 0 Å². The van der Waals surface area contributed by atoms with Gasteiger partial charge in [-0.1, -0.05) is 49.8 Å². The van der Waals surface area contributed by atoms with Crippen molar-refractivity contribution in [2.24, 2.45) is 40.1 Å². The van der Waals surface area contributed by atoms with Crippen molar-refractivity contribution in [3.05, 3.63) is 46.6 Å². The van der Waals surface area contributed by atoms with Crippen LogP contribution in [0.2, 0.25) is 0 Å². The normalized spacial score (nSPS) is 27.9. The first-order valence-electron chi connectivity index (χ1n) is 17.3. The van der Waals surface area contributed by atoms with Gasteiger partial charge in [-0.2, -0.15) is 0 Å². The van der Waals surface area contributed by atoms with E-state index in [4.69, 9.17) is 20.9 Å². The van der Waals surface area contributed by atoms with Crippen molar-refractivity contribution in [3.8, 4) is 23.3 Å². The van der Waals surface area contributed by atoms with E-state index in [1.807, 2.05) is 12.1 Å². The van der Waals surface area contributed by atoms with Crippen molar-refractivity contribution in [2.75, 3.05) is 13.7 Å². The van der Waals surface area contributed by atoms with E-state index in [1.54, 1.807) is 13.2 Å². The molecule has 7 heteroatoms. The van der Waals surface area contributed by atoms with E-state index in [0.717, 1.165) is 80.9 Å². The molecule has 0 unspecified atom stereocenters. The molecule has 1 aromatic carbocycles. The van der Waals surface area contributed by atoms with Crippen LogP contribution < -0.4 is 16.2 Å². The number of rotatable bonds is 11. The highest BCUT2D eigenvalue weighted by atomic mass is 16.5. The van der Waals surface area contributed by atoms with Crippen LogP contribution in [-0.2, 0) is 16.0 Å². The molecule has 0 spiro atoms. The number of phenols is 1. The summed E-state index contributed by atoms with van der Waals surface area (Å²) in [5.74, 6) is 8.96. The molecule has 0 amide bonds. The first-order valence-corrected chi connectivity index (χ1v) is 17.3. The number of allylic oxidation sites excluding steroid dienone is 4. The van der Waals surface area contributed by atoms with Gasteiger partial charge in [0, 0.05) is 37.0 Å². The molecule has 45 heavy (non-hydrogen) atoms. The number of unbranched alkanes of at least 4 members (excludes halogenated alkanes) is 1. The second-order valence-electron chi connectivity index (χ2n) is 13.8. The van der Waals surface area contributed by atoms with E-state index in [-0.39, 0.29) is 53.3 Å². The molecule has 2 saturated carbocycles. The SMILES string of the molecule is CCC/C=C/C(=O)CCc1cc(OC2CCCC2)c(O)c2c1C#CC[C@H](N=C(N)N)C[C@H]1C=C3CC[C@@H](C)C[C@H]3[C@H]2[C@@H]1COC. The smallest absolute Gasteiger partial charge is 0.186 e. The third kappa shape index (κ3) is 7.95. The summed E-state index contributed by atoms with van der Waals surface area (Å²) in [7, 11) is 1.76. The van der Waals surface area contributed by atoms with Gasteiger partial charge in [-0.05, 0) is 106 Å². The van der Waals surface area contributed by atoms with E-state index in [1.165, 1.54) is 5.57 Å². The maximum atomic E-state index is 12.9. The molecule has 4 aliphatic rings. The van der Waals surface area contributed by atoms with Crippen molar-refractivity contribution in [3.63, 3.8) is 0 Å². The molecule has 0 aromatic heterocycles. The fourth-order valence-corrected chi connectivity index (χ4v) is 8.28. The van der Waals surface area contributed by atoms with E-state index < -0.39 is 0 Å². The van der Waals surface area contributed by atoms with Crippen LogP contribution in [0.5, 0.6) is 11.5 Å². The van der Waals surface area contributed by atoms with Crippen molar-refractivity contribution >= 4 is 11.7 Å². The summed E-state index contributed by atoms with van der Waals surface area (Å²) in [6.07, 6.45) is 17.8. The van der Waals surface area contributed by atoms with E-state index >= 15 is 0 Å².